The second kappa shape index (κ2) is 3.59. The molecular formula is C7H6N2O. The Morgan fingerprint density at radius 3 is 2.70 bits per heavy atom. The van der Waals surface area contributed by atoms with Crippen LogP contribution in [0.1, 0.15) is 5.82 Å². The zero-order valence-electron chi connectivity index (χ0n) is 5.28. The zero-order chi connectivity index (χ0) is 7.23. The molecule has 10 heavy (non-hydrogen) atoms. The molecule has 0 atom stereocenters. The molecule has 3 heteroatoms. The molecule has 0 aliphatic carbocycles. The molecule has 1 heterocycles. The van der Waals surface area contributed by atoms with E-state index in [0.29, 0.717) is 5.82 Å². The second-order valence-electron chi connectivity index (χ2n) is 1.53. The number of aliphatic hydroxyl groups excluding tert-OH is 1. The average molecular weight is 134 g/mol. The summed E-state index contributed by atoms with van der Waals surface area (Å²) in [6.07, 6.45) is 3.21. The topological polar surface area (TPSA) is 46.0 Å². The molecule has 0 fully saturated rings. The molecule has 1 rings (SSSR count). The smallest absolute Gasteiger partial charge is 0.204 e. The quantitative estimate of drug-likeness (QED) is 0.501. The van der Waals surface area contributed by atoms with Crippen LogP contribution in [0.3, 0.4) is 0 Å². The van der Waals surface area contributed by atoms with Crippen LogP contribution in [0, 0.1) is 11.8 Å². The molecule has 0 aromatic carbocycles. The van der Waals surface area contributed by atoms with Gasteiger partial charge in [-0.3, -0.25) is 0 Å². The average Bonchev–Trinajstić information content (AvgIpc) is 2.03. The summed E-state index contributed by atoms with van der Waals surface area (Å²) in [6, 6.07) is 1.71. The monoisotopic (exact) mass is 134 g/mol. The lowest BCUT2D eigenvalue weighted by atomic mass is 10.5. The third-order valence-corrected chi connectivity index (χ3v) is 0.845. The van der Waals surface area contributed by atoms with Gasteiger partial charge in [-0.15, -0.1) is 0 Å². The van der Waals surface area contributed by atoms with Crippen molar-refractivity contribution in [1.82, 2.24) is 9.97 Å². The summed E-state index contributed by atoms with van der Waals surface area (Å²) in [4.78, 5) is 7.64. The highest BCUT2D eigenvalue weighted by Crippen LogP contribution is 1.81. The summed E-state index contributed by atoms with van der Waals surface area (Å²) in [6.45, 7) is -0.155. The molecule has 50 valence electrons. The molecule has 0 spiro atoms. The van der Waals surface area contributed by atoms with Crippen LogP contribution >= 0.6 is 0 Å². The van der Waals surface area contributed by atoms with Crippen molar-refractivity contribution in [1.29, 1.82) is 0 Å². The molecule has 0 unspecified atom stereocenters. The molecule has 1 aromatic heterocycles. The van der Waals surface area contributed by atoms with Gasteiger partial charge in [0.1, 0.15) is 6.61 Å². The second-order valence-corrected chi connectivity index (χ2v) is 1.53. The van der Waals surface area contributed by atoms with Crippen molar-refractivity contribution in [3.8, 4) is 11.8 Å². The first-order chi connectivity index (χ1) is 4.93. The predicted molar refractivity (Wildman–Crippen MR) is 36.0 cm³/mol. The highest BCUT2D eigenvalue weighted by atomic mass is 16.2. The highest BCUT2D eigenvalue weighted by molar-refractivity contribution is 5.19. The standard InChI is InChI=1S/C7H6N2O/c10-6-1-3-7-8-4-2-5-9-7/h2,4-5,10H,6H2. The summed E-state index contributed by atoms with van der Waals surface area (Å²) in [5.41, 5.74) is 0. The van der Waals surface area contributed by atoms with Crippen molar-refractivity contribution in [2.45, 2.75) is 0 Å². The molecule has 1 aromatic rings. The number of hydrogen-bond acceptors (Lipinski definition) is 3. The lowest BCUT2D eigenvalue weighted by Gasteiger charge is -1.82. The fourth-order valence-corrected chi connectivity index (χ4v) is 0.482. The van der Waals surface area contributed by atoms with E-state index in [1.54, 1.807) is 18.5 Å². The van der Waals surface area contributed by atoms with E-state index >= 15 is 0 Å². The number of aliphatic hydroxyl groups is 1. The Hall–Kier alpha value is -1.40. The maximum absolute atomic E-state index is 8.30. The number of aromatic nitrogens is 2. The van der Waals surface area contributed by atoms with Gasteiger partial charge in [-0.25, -0.2) is 9.97 Å². The Morgan fingerprint density at radius 2 is 2.10 bits per heavy atom. The van der Waals surface area contributed by atoms with E-state index in [9.17, 15) is 0 Å². The fourth-order valence-electron chi connectivity index (χ4n) is 0.482. The minimum Gasteiger partial charge on any atom is -0.384 e. The molecule has 0 aliphatic rings. The van der Waals surface area contributed by atoms with Crippen LogP contribution in [0.5, 0.6) is 0 Å². The predicted octanol–water partition coefficient (Wildman–Crippen LogP) is -0.180. The van der Waals surface area contributed by atoms with E-state index in [-0.39, 0.29) is 6.61 Å². The van der Waals surface area contributed by atoms with Gasteiger partial charge >= 0.3 is 0 Å². The van der Waals surface area contributed by atoms with Crippen LogP contribution in [0.2, 0.25) is 0 Å². The van der Waals surface area contributed by atoms with Crippen molar-refractivity contribution in [3.63, 3.8) is 0 Å². The van der Waals surface area contributed by atoms with E-state index in [4.69, 9.17) is 5.11 Å². The molecule has 0 radical (unpaired) electrons. The molecular weight excluding hydrogens is 128 g/mol. The number of nitrogens with zero attached hydrogens (tertiary/aromatic N) is 2. The maximum atomic E-state index is 8.30. The van der Waals surface area contributed by atoms with Crippen LogP contribution in [-0.2, 0) is 0 Å². The lowest BCUT2D eigenvalue weighted by molar-refractivity contribution is 0.350. The van der Waals surface area contributed by atoms with Gasteiger partial charge in [-0.05, 0) is 12.0 Å². The van der Waals surface area contributed by atoms with Gasteiger partial charge < -0.3 is 5.11 Å². The van der Waals surface area contributed by atoms with Crippen LogP contribution in [0.15, 0.2) is 18.5 Å². The largest absolute Gasteiger partial charge is 0.384 e. The van der Waals surface area contributed by atoms with Gasteiger partial charge in [0.05, 0.1) is 0 Å². The van der Waals surface area contributed by atoms with E-state index in [1.165, 1.54) is 0 Å². The third-order valence-electron chi connectivity index (χ3n) is 0.845. The summed E-state index contributed by atoms with van der Waals surface area (Å²) < 4.78 is 0. The minimum absolute atomic E-state index is 0.155. The highest BCUT2D eigenvalue weighted by Gasteiger charge is 1.81. The van der Waals surface area contributed by atoms with Gasteiger partial charge in [-0.1, -0.05) is 5.92 Å². The summed E-state index contributed by atoms with van der Waals surface area (Å²) in [5, 5.41) is 8.30. The molecule has 0 bridgehead atoms. The van der Waals surface area contributed by atoms with E-state index < -0.39 is 0 Å². The molecule has 3 nitrogen and oxygen atoms in total. The zero-order valence-corrected chi connectivity index (χ0v) is 5.28. The van der Waals surface area contributed by atoms with E-state index in [1.807, 2.05) is 0 Å². The summed E-state index contributed by atoms with van der Waals surface area (Å²) in [5.74, 6) is 5.46. The first kappa shape index (κ1) is 6.72. The van der Waals surface area contributed by atoms with Crippen LogP contribution in [0.4, 0.5) is 0 Å². The lowest BCUT2D eigenvalue weighted by Crippen LogP contribution is -1.85. The molecule has 0 amide bonds. The van der Waals surface area contributed by atoms with E-state index in [0.717, 1.165) is 0 Å². The first-order valence-corrected chi connectivity index (χ1v) is 2.80. The normalized spacial score (nSPS) is 8.10. The Kier molecular flexibility index (Phi) is 2.41. The van der Waals surface area contributed by atoms with Crippen molar-refractivity contribution in [3.05, 3.63) is 24.3 Å². The molecule has 1 N–H and O–H groups in total. The Labute approximate surface area is 58.8 Å². The number of hydrogen-bond donors (Lipinski definition) is 1. The Balaban J connectivity index is 2.76. The minimum atomic E-state index is -0.155. The first-order valence-electron chi connectivity index (χ1n) is 2.80. The van der Waals surface area contributed by atoms with Gasteiger partial charge in [0.15, 0.2) is 0 Å². The van der Waals surface area contributed by atoms with Crippen molar-refractivity contribution < 1.29 is 5.11 Å². The molecule has 0 saturated heterocycles. The fraction of sp³-hybridized carbons (Fsp3) is 0.143. The summed E-state index contributed by atoms with van der Waals surface area (Å²) in [7, 11) is 0. The van der Waals surface area contributed by atoms with Crippen molar-refractivity contribution in [2.24, 2.45) is 0 Å². The van der Waals surface area contributed by atoms with Gasteiger partial charge in [0.2, 0.25) is 5.82 Å². The maximum Gasteiger partial charge on any atom is 0.204 e. The van der Waals surface area contributed by atoms with Gasteiger partial charge in [-0.2, -0.15) is 0 Å². The number of rotatable bonds is 0. The molecule has 0 aliphatic heterocycles. The summed E-state index contributed by atoms with van der Waals surface area (Å²) >= 11 is 0. The SMILES string of the molecule is OCC#Cc1ncccn1. The van der Waals surface area contributed by atoms with Crippen molar-refractivity contribution >= 4 is 0 Å². The Morgan fingerprint density at radius 1 is 1.40 bits per heavy atom. The van der Waals surface area contributed by atoms with Crippen LogP contribution < -0.4 is 0 Å². The van der Waals surface area contributed by atoms with Crippen LogP contribution in [0.25, 0.3) is 0 Å². The third kappa shape index (κ3) is 1.84. The van der Waals surface area contributed by atoms with Crippen LogP contribution in [-0.4, -0.2) is 21.7 Å². The molecule has 0 saturated carbocycles. The van der Waals surface area contributed by atoms with Gasteiger partial charge in [0.25, 0.3) is 0 Å². The van der Waals surface area contributed by atoms with Gasteiger partial charge in [0, 0.05) is 12.4 Å². The Bertz CT molecular complexity index is 247. The van der Waals surface area contributed by atoms with Crippen molar-refractivity contribution in [2.75, 3.05) is 6.61 Å². The van der Waals surface area contributed by atoms with E-state index in [2.05, 4.69) is 21.8 Å².